The van der Waals surface area contributed by atoms with Crippen molar-refractivity contribution >= 4 is 16.5 Å². The first-order chi connectivity index (χ1) is 9.24. The monoisotopic (exact) mass is 278 g/mol. The molecule has 0 atom stereocenters. The molecule has 1 fully saturated rings. The Morgan fingerprint density at radius 2 is 2.21 bits per heavy atom. The van der Waals surface area contributed by atoms with E-state index in [0.717, 1.165) is 42.3 Å². The van der Waals surface area contributed by atoms with Crippen molar-refractivity contribution in [2.24, 2.45) is 0 Å². The minimum absolute atomic E-state index is 0.342. The molecule has 6 nitrogen and oxygen atoms in total. The summed E-state index contributed by atoms with van der Waals surface area (Å²) in [7, 11) is 0. The molecule has 19 heavy (non-hydrogen) atoms. The van der Waals surface area contributed by atoms with Crippen molar-refractivity contribution in [3.63, 3.8) is 0 Å². The van der Waals surface area contributed by atoms with E-state index in [1.807, 2.05) is 0 Å². The lowest BCUT2D eigenvalue weighted by atomic mass is 9.95. The minimum Gasteiger partial charge on any atom is -0.381 e. The van der Waals surface area contributed by atoms with Gasteiger partial charge in [-0.15, -0.1) is 0 Å². The molecule has 1 aliphatic rings. The summed E-state index contributed by atoms with van der Waals surface area (Å²) in [5, 5.41) is 0.522. The third-order valence-corrected chi connectivity index (χ3v) is 4.13. The number of anilines is 1. The highest BCUT2D eigenvalue weighted by molar-refractivity contribution is 7.18. The number of hydrogen-bond acceptors (Lipinski definition) is 6. The summed E-state index contributed by atoms with van der Waals surface area (Å²) in [4.78, 5) is 23.1. The van der Waals surface area contributed by atoms with Gasteiger partial charge >= 0.3 is 5.69 Å². The van der Waals surface area contributed by atoms with Crippen molar-refractivity contribution in [1.29, 1.82) is 0 Å². The quantitative estimate of drug-likeness (QED) is 0.865. The zero-order valence-corrected chi connectivity index (χ0v) is 11.1. The van der Waals surface area contributed by atoms with Crippen LogP contribution in [0.2, 0.25) is 0 Å². The van der Waals surface area contributed by atoms with Gasteiger partial charge in [-0.1, -0.05) is 11.3 Å². The van der Waals surface area contributed by atoms with Gasteiger partial charge in [0.15, 0.2) is 5.13 Å². The maximum atomic E-state index is 11.3. The first kappa shape index (κ1) is 12.3. The first-order valence-electron chi connectivity index (χ1n) is 6.13. The SMILES string of the molecule is Nc1nc(C2CCOCC2)c(-c2ccnc(=O)[nH]2)s1. The van der Waals surface area contributed by atoms with Gasteiger partial charge in [-0.05, 0) is 18.9 Å². The van der Waals surface area contributed by atoms with Gasteiger partial charge in [0.1, 0.15) is 0 Å². The molecule has 0 bridgehead atoms. The summed E-state index contributed by atoms with van der Waals surface area (Å²) >= 11 is 1.40. The highest BCUT2D eigenvalue weighted by Crippen LogP contribution is 2.38. The fraction of sp³-hybridized carbons (Fsp3) is 0.417. The number of nitrogens with two attached hydrogens (primary N) is 1. The number of nitrogens with zero attached hydrogens (tertiary/aromatic N) is 2. The lowest BCUT2D eigenvalue weighted by Crippen LogP contribution is -2.15. The smallest absolute Gasteiger partial charge is 0.345 e. The van der Waals surface area contributed by atoms with E-state index in [4.69, 9.17) is 10.5 Å². The molecular formula is C12H14N4O2S. The third-order valence-electron chi connectivity index (χ3n) is 3.20. The number of hydrogen-bond donors (Lipinski definition) is 2. The van der Waals surface area contributed by atoms with Crippen molar-refractivity contribution < 1.29 is 4.74 Å². The van der Waals surface area contributed by atoms with E-state index in [9.17, 15) is 4.79 Å². The first-order valence-corrected chi connectivity index (χ1v) is 6.95. The van der Waals surface area contributed by atoms with Crippen LogP contribution in [0.15, 0.2) is 17.1 Å². The summed E-state index contributed by atoms with van der Waals surface area (Å²) in [6, 6.07) is 1.77. The molecule has 100 valence electrons. The second kappa shape index (κ2) is 5.10. The molecule has 1 saturated heterocycles. The standard InChI is InChI=1S/C12H14N4O2S/c13-11-16-9(7-2-5-18-6-3-7)10(19-11)8-1-4-14-12(17)15-8/h1,4,7H,2-3,5-6H2,(H2,13,16)(H,14,15,17). The molecule has 0 spiro atoms. The molecule has 0 aliphatic carbocycles. The second-order valence-electron chi connectivity index (χ2n) is 4.44. The molecule has 3 heterocycles. The Morgan fingerprint density at radius 3 is 2.95 bits per heavy atom. The van der Waals surface area contributed by atoms with E-state index in [-0.39, 0.29) is 5.69 Å². The number of aromatic nitrogens is 3. The molecule has 0 saturated carbocycles. The molecule has 3 rings (SSSR count). The number of rotatable bonds is 2. The van der Waals surface area contributed by atoms with Crippen LogP contribution in [0.3, 0.4) is 0 Å². The number of nitrogens with one attached hydrogen (secondary N) is 1. The Hall–Kier alpha value is -1.73. The summed E-state index contributed by atoms with van der Waals surface area (Å²) in [5.41, 5.74) is 7.17. The maximum Gasteiger partial charge on any atom is 0.345 e. The zero-order chi connectivity index (χ0) is 13.2. The van der Waals surface area contributed by atoms with Gasteiger partial charge in [-0.3, -0.25) is 0 Å². The van der Waals surface area contributed by atoms with E-state index < -0.39 is 0 Å². The van der Waals surface area contributed by atoms with E-state index in [2.05, 4.69) is 15.0 Å². The largest absolute Gasteiger partial charge is 0.381 e. The Balaban J connectivity index is 2.03. The minimum atomic E-state index is -0.359. The van der Waals surface area contributed by atoms with Gasteiger partial charge in [0, 0.05) is 25.3 Å². The van der Waals surface area contributed by atoms with Crippen LogP contribution < -0.4 is 11.4 Å². The zero-order valence-electron chi connectivity index (χ0n) is 10.3. The van der Waals surface area contributed by atoms with Crippen LogP contribution in [0.4, 0.5) is 5.13 Å². The van der Waals surface area contributed by atoms with Crippen LogP contribution in [0.25, 0.3) is 10.6 Å². The number of aromatic amines is 1. The van der Waals surface area contributed by atoms with Crippen LogP contribution in [0, 0.1) is 0 Å². The Labute approximate surface area is 113 Å². The number of ether oxygens (including phenoxy) is 1. The molecular weight excluding hydrogens is 264 g/mol. The molecule has 7 heteroatoms. The molecule has 2 aromatic rings. The van der Waals surface area contributed by atoms with Crippen LogP contribution in [-0.2, 0) is 4.74 Å². The van der Waals surface area contributed by atoms with Gasteiger partial charge in [0.05, 0.1) is 16.3 Å². The molecule has 1 aliphatic heterocycles. The molecule has 0 unspecified atom stereocenters. The van der Waals surface area contributed by atoms with Gasteiger partial charge in [0.2, 0.25) is 0 Å². The van der Waals surface area contributed by atoms with E-state index in [0.29, 0.717) is 11.0 Å². The van der Waals surface area contributed by atoms with Crippen LogP contribution in [0.5, 0.6) is 0 Å². The van der Waals surface area contributed by atoms with Gasteiger partial charge in [-0.25, -0.2) is 14.8 Å². The van der Waals surface area contributed by atoms with Gasteiger partial charge < -0.3 is 15.5 Å². The van der Waals surface area contributed by atoms with E-state index in [1.165, 1.54) is 17.5 Å². The molecule has 3 N–H and O–H groups in total. The fourth-order valence-corrected chi connectivity index (χ4v) is 3.19. The van der Waals surface area contributed by atoms with Crippen LogP contribution in [0.1, 0.15) is 24.5 Å². The van der Waals surface area contributed by atoms with Crippen molar-refractivity contribution in [2.45, 2.75) is 18.8 Å². The predicted molar refractivity (Wildman–Crippen MR) is 73.2 cm³/mol. The predicted octanol–water partition coefficient (Wildman–Crippen LogP) is 1.37. The number of thiazole rings is 1. The average molecular weight is 278 g/mol. The third kappa shape index (κ3) is 2.52. The Kier molecular flexibility index (Phi) is 3.31. The highest BCUT2D eigenvalue weighted by Gasteiger charge is 2.23. The van der Waals surface area contributed by atoms with Gasteiger partial charge in [-0.2, -0.15) is 0 Å². The van der Waals surface area contributed by atoms with E-state index >= 15 is 0 Å². The summed E-state index contributed by atoms with van der Waals surface area (Å²) in [6.45, 7) is 1.49. The number of H-pyrrole nitrogens is 1. The molecule has 0 radical (unpaired) electrons. The maximum absolute atomic E-state index is 11.3. The normalized spacial score (nSPS) is 16.6. The second-order valence-corrected chi connectivity index (χ2v) is 5.47. The van der Waals surface area contributed by atoms with Crippen molar-refractivity contribution in [3.8, 4) is 10.6 Å². The fourth-order valence-electron chi connectivity index (χ4n) is 2.29. The van der Waals surface area contributed by atoms with Crippen molar-refractivity contribution in [1.82, 2.24) is 15.0 Å². The Bertz CT molecular complexity index is 631. The summed E-state index contributed by atoms with van der Waals surface area (Å²) in [6.07, 6.45) is 3.37. The topological polar surface area (TPSA) is 93.9 Å². The highest BCUT2D eigenvalue weighted by atomic mass is 32.1. The van der Waals surface area contributed by atoms with Gasteiger partial charge in [0.25, 0.3) is 0 Å². The van der Waals surface area contributed by atoms with Crippen LogP contribution in [-0.4, -0.2) is 28.2 Å². The van der Waals surface area contributed by atoms with Crippen LogP contribution >= 0.6 is 11.3 Å². The Morgan fingerprint density at radius 1 is 1.42 bits per heavy atom. The van der Waals surface area contributed by atoms with Crippen molar-refractivity contribution in [3.05, 3.63) is 28.4 Å². The molecule has 2 aromatic heterocycles. The summed E-state index contributed by atoms with van der Waals surface area (Å²) < 4.78 is 5.37. The van der Waals surface area contributed by atoms with E-state index in [1.54, 1.807) is 6.07 Å². The average Bonchev–Trinajstić information content (AvgIpc) is 2.82. The lowest BCUT2D eigenvalue weighted by Gasteiger charge is -2.21. The summed E-state index contributed by atoms with van der Waals surface area (Å²) in [5.74, 6) is 0.342. The molecule has 0 amide bonds. The van der Waals surface area contributed by atoms with Crippen molar-refractivity contribution in [2.75, 3.05) is 18.9 Å². The number of nitrogen functional groups attached to an aromatic ring is 1. The lowest BCUT2D eigenvalue weighted by molar-refractivity contribution is 0.0847. The molecule has 0 aromatic carbocycles.